The van der Waals surface area contributed by atoms with Crippen LogP contribution in [0.4, 0.5) is 0 Å². The van der Waals surface area contributed by atoms with E-state index in [1.165, 1.54) is 19.3 Å². The van der Waals surface area contributed by atoms with Gasteiger partial charge in [-0.3, -0.25) is 0 Å². The van der Waals surface area contributed by atoms with E-state index in [-0.39, 0.29) is 0 Å². The number of hydrogen-bond acceptors (Lipinski definition) is 1. The fourth-order valence-electron chi connectivity index (χ4n) is 4.83. The van der Waals surface area contributed by atoms with Gasteiger partial charge in [0, 0.05) is 5.54 Å². The molecule has 0 aliphatic heterocycles. The van der Waals surface area contributed by atoms with Crippen LogP contribution in [0.2, 0.25) is 18.6 Å². The molecule has 0 amide bonds. The van der Waals surface area contributed by atoms with Gasteiger partial charge < -0.3 is 4.43 Å². The molecule has 0 radical (unpaired) electrons. The third-order valence-corrected chi connectivity index (χ3v) is 8.94. The number of fused-ring (bicyclic) bond motifs is 2. The predicted octanol–water partition coefficient (Wildman–Crippen LogP) is 4.92. The Balaban J connectivity index is 1.82. The Bertz CT molecular complexity index is 418. The van der Waals surface area contributed by atoms with Gasteiger partial charge >= 0.3 is 0 Å². The Labute approximate surface area is 119 Å². The van der Waals surface area contributed by atoms with E-state index in [0.717, 1.165) is 5.92 Å². The average Bonchev–Trinajstić information content (AvgIpc) is 2.97. The van der Waals surface area contributed by atoms with Gasteiger partial charge in [-0.25, -0.2) is 0 Å². The molecule has 0 aromatic heterocycles. The minimum atomic E-state index is -1.68. The summed E-state index contributed by atoms with van der Waals surface area (Å²) in [5.74, 6) is 0.877. The summed E-state index contributed by atoms with van der Waals surface area (Å²) in [6.45, 7) is 12.1. The average molecular weight is 276 g/mol. The van der Waals surface area contributed by atoms with Gasteiger partial charge in [0.1, 0.15) is 0 Å². The van der Waals surface area contributed by atoms with Crippen LogP contribution in [-0.2, 0) is 4.43 Å². The summed E-state index contributed by atoms with van der Waals surface area (Å²) in [5, 5.41) is 0. The van der Waals surface area contributed by atoms with Crippen LogP contribution in [0.25, 0.3) is 0 Å². The van der Waals surface area contributed by atoms with Crippen LogP contribution in [0.5, 0.6) is 0 Å². The van der Waals surface area contributed by atoms with E-state index in [1.807, 2.05) is 0 Å². The van der Waals surface area contributed by atoms with E-state index in [9.17, 15) is 0 Å². The van der Waals surface area contributed by atoms with E-state index in [4.69, 9.17) is 4.43 Å². The van der Waals surface area contributed by atoms with E-state index in [2.05, 4.69) is 58.2 Å². The largest absolute Gasteiger partial charge is 0.412 e. The Morgan fingerprint density at radius 1 is 1.11 bits per heavy atom. The van der Waals surface area contributed by atoms with Gasteiger partial charge in [-0.15, -0.1) is 0 Å². The first kappa shape index (κ1) is 13.6. The van der Waals surface area contributed by atoms with E-state index in [0.29, 0.717) is 22.5 Å². The van der Waals surface area contributed by atoms with Gasteiger partial charge in [-0.05, 0) is 49.1 Å². The summed E-state index contributed by atoms with van der Waals surface area (Å²) in [6, 6.07) is 0. The van der Waals surface area contributed by atoms with Crippen LogP contribution < -0.4 is 0 Å². The second-order valence-electron chi connectivity index (χ2n) is 8.31. The summed E-state index contributed by atoms with van der Waals surface area (Å²) in [6.07, 6.45) is 13.6. The highest BCUT2D eigenvalue weighted by atomic mass is 28.4. The first-order valence-electron chi connectivity index (χ1n) is 7.78. The molecular formula is C17H28OSi. The third-order valence-electron chi connectivity index (χ3n) is 6.11. The predicted molar refractivity (Wildman–Crippen MR) is 83.6 cm³/mol. The molecule has 2 heteroatoms. The van der Waals surface area contributed by atoms with Crippen LogP contribution in [-0.4, -0.2) is 14.4 Å². The Morgan fingerprint density at radius 3 is 2.26 bits per heavy atom. The summed E-state index contributed by atoms with van der Waals surface area (Å²) in [4.78, 5) is 0. The summed E-state index contributed by atoms with van der Waals surface area (Å²) in [5.41, 5.74) is 1.36. The normalized spacial score (nSPS) is 40.5. The molecule has 0 spiro atoms. The molecule has 0 aromatic rings. The van der Waals surface area contributed by atoms with Gasteiger partial charge in [-0.2, -0.15) is 0 Å². The molecule has 3 unspecified atom stereocenters. The quantitative estimate of drug-likeness (QED) is 0.665. The van der Waals surface area contributed by atoms with Crippen molar-refractivity contribution in [2.75, 3.05) is 0 Å². The fourth-order valence-corrected chi connectivity index (χ4v) is 7.33. The number of hydrogen-bond donors (Lipinski definition) is 0. The monoisotopic (exact) mass is 276 g/mol. The van der Waals surface area contributed by atoms with Crippen LogP contribution in [0.15, 0.2) is 24.3 Å². The van der Waals surface area contributed by atoms with E-state index >= 15 is 0 Å². The molecule has 0 N–H and O–H groups in total. The molecule has 2 bridgehead atoms. The van der Waals surface area contributed by atoms with Crippen LogP contribution in [0, 0.1) is 16.7 Å². The zero-order valence-corrected chi connectivity index (χ0v) is 14.1. The summed E-state index contributed by atoms with van der Waals surface area (Å²) in [7, 11) is -1.68. The number of allylic oxidation sites excluding steroid dienone is 4. The molecule has 0 aromatic carbocycles. The lowest BCUT2D eigenvalue weighted by molar-refractivity contribution is -0.0214. The molecule has 19 heavy (non-hydrogen) atoms. The molecule has 2 fully saturated rings. The highest BCUT2D eigenvalue weighted by Crippen LogP contribution is 2.64. The summed E-state index contributed by atoms with van der Waals surface area (Å²) >= 11 is 0. The molecular weight excluding hydrogens is 248 g/mol. The highest BCUT2D eigenvalue weighted by Gasteiger charge is 2.61. The minimum Gasteiger partial charge on any atom is -0.412 e. The molecule has 0 saturated heterocycles. The van der Waals surface area contributed by atoms with Crippen molar-refractivity contribution in [2.24, 2.45) is 16.7 Å². The number of rotatable bonds is 3. The SMILES string of the molecule is CC12CCC(C1)C(C)(C)C2O[Si](C)(C)C1C=CC=C1. The maximum atomic E-state index is 6.87. The van der Waals surface area contributed by atoms with Crippen molar-refractivity contribution in [1.82, 2.24) is 0 Å². The van der Waals surface area contributed by atoms with E-state index < -0.39 is 8.32 Å². The highest BCUT2D eigenvalue weighted by molar-refractivity contribution is 6.73. The lowest BCUT2D eigenvalue weighted by Gasteiger charge is -2.47. The maximum Gasteiger partial charge on any atom is 0.197 e. The minimum absolute atomic E-state index is 0.364. The van der Waals surface area contributed by atoms with Crippen LogP contribution >= 0.6 is 0 Å². The Morgan fingerprint density at radius 2 is 1.74 bits per heavy atom. The van der Waals surface area contributed by atoms with Crippen molar-refractivity contribution in [3.8, 4) is 0 Å². The zero-order valence-electron chi connectivity index (χ0n) is 13.1. The fraction of sp³-hybridized carbons (Fsp3) is 0.765. The Hall–Kier alpha value is -0.343. The third kappa shape index (κ3) is 1.99. The van der Waals surface area contributed by atoms with Crippen molar-refractivity contribution >= 4 is 8.32 Å². The molecule has 3 aliphatic rings. The Kier molecular flexibility index (Phi) is 2.93. The lowest BCUT2D eigenvalue weighted by Crippen LogP contribution is -2.50. The van der Waals surface area contributed by atoms with Crippen molar-refractivity contribution < 1.29 is 4.43 Å². The zero-order chi connectivity index (χ0) is 13.9. The molecule has 3 atom stereocenters. The van der Waals surface area contributed by atoms with Crippen molar-refractivity contribution in [2.45, 2.75) is 64.8 Å². The maximum absolute atomic E-state index is 6.87. The van der Waals surface area contributed by atoms with Gasteiger partial charge in [0.25, 0.3) is 0 Å². The van der Waals surface area contributed by atoms with Gasteiger partial charge in [0.05, 0.1) is 6.10 Å². The van der Waals surface area contributed by atoms with Crippen LogP contribution in [0.1, 0.15) is 40.0 Å². The van der Waals surface area contributed by atoms with Crippen molar-refractivity contribution in [3.05, 3.63) is 24.3 Å². The first-order chi connectivity index (χ1) is 8.76. The lowest BCUT2D eigenvalue weighted by atomic mass is 9.70. The second-order valence-corrected chi connectivity index (χ2v) is 12.4. The van der Waals surface area contributed by atoms with Gasteiger partial charge in [0.15, 0.2) is 8.32 Å². The topological polar surface area (TPSA) is 9.23 Å². The molecule has 3 rings (SSSR count). The van der Waals surface area contributed by atoms with Gasteiger partial charge in [0.2, 0.25) is 0 Å². The van der Waals surface area contributed by atoms with Gasteiger partial charge in [-0.1, -0.05) is 45.1 Å². The summed E-state index contributed by atoms with van der Waals surface area (Å²) < 4.78 is 6.87. The van der Waals surface area contributed by atoms with Crippen LogP contribution in [0.3, 0.4) is 0 Å². The second kappa shape index (κ2) is 4.08. The van der Waals surface area contributed by atoms with Crippen molar-refractivity contribution in [3.63, 3.8) is 0 Å². The smallest absolute Gasteiger partial charge is 0.197 e. The molecule has 2 saturated carbocycles. The standard InChI is InChI=1S/C17H28OSi/c1-16(2)13-10-11-17(3,12-13)15(16)18-19(4,5)14-8-6-7-9-14/h6-9,13-15H,10-12H2,1-5H3. The van der Waals surface area contributed by atoms with Crippen molar-refractivity contribution in [1.29, 1.82) is 0 Å². The molecule has 106 valence electrons. The van der Waals surface area contributed by atoms with E-state index in [1.54, 1.807) is 0 Å². The molecule has 1 nitrogen and oxygen atoms in total. The molecule has 0 heterocycles. The molecule has 3 aliphatic carbocycles. The first-order valence-corrected chi connectivity index (χ1v) is 10.8.